The van der Waals surface area contributed by atoms with Gasteiger partial charge in [0.15, 0.2) is 0 Å². The number of rotatable bonds is 2. The Hall–Kier alpha value is 0.0900. The highest BCUT2D eigenvalue weighted by Gasteiger charge is 2.25. The number of amides is 1. The summed E-state index contributed by atoms with van der Waals surface area (Å²) in [5.41, 5.74) is 0. The van der Waals surface area contributed by atoms with Crippen LogP contribution in [0.4, 0.5) is 0 Å². The number of piperidine rings is 1. The molecule has 0 radical (unpaired) electrons. The predicted octanol–water partition coefficient (Wildman–Crippen LogP) is 3.12. The van der Waals surface area contributed by atoms with E-state index in [1.165, 1.54) is 11.3 Å². The zero-order chi connectivity index (χ0) is 12.4. The minimum Gasteiger partial charge on any atom is -0.396 e. The third kappa shape index (κ3) is 3.10. The number of aliphatic hydroxyl groups is 1. The molecule has 1 fully saturated rings. The largest absolute Gasteiger partial charge is 0.396 e. The van der Waals surface area contributed by atoms with Crippen LogP contribution in [0.3, 0.4) is 0 Å². The van der Waals surface area contributed by atoms with Crippen molar-refractivity contribution in [3.8, 4) is 0 Å². The highest BCUT2D eigenvalue weighted by molar-refractivity contribution is 9.13. The van der Waals surface area contributed by atoms with Gasteiger partial charge in [0.25, 0.3) is 5.91 Å². The number of hydrogen-bond acceptors (Lipinski definition) is 3. The average molecular weight is 383 g/mol. The lowest BCUT2D eigenvalue weighted by molar-refractivity contribution is 0.0625. The van der Waals surface area contributed by atoms with Crippen molar-refractivity contribution >= 4 is 49.1 Å². The van der Waals surface area contributed by atoms with Gasteiger partial charge >= 0.3 is 0 Å². The summed E-state index contributed by atoms with van der Waals surface area (Å²) >= 11 is 8.22. The molecule has 1 atom stereocenters. The van der Waals surface area contributed by atoms with E-state index in [1.54, 1.807) is 0 Å². The third-order valence-electron chi connectivity index (χ3n) is 2.92. The molecule has 1 aromatic rings. The molecular weight excluding hydrogens is 370 g/mol. The van der Waals surface area contributed by atoms with Crippen molar-refractivity contribution in [2.75, 3.05) is 19.7 Å². The lowest BCUT2D eigenvalue weighted by atomic mass is 9.99. The summed E-state index contributed by atoms with van der Waals surface area (Å²) in [7, 11) is 0. The summed E-state index contributed by atoms with van der Waals surface area (Å²) < 4.78 is 1.86. The van der Waals surface area contributed by atoms with Gasteiger partial charge in [-0.3, -0.25) is 4.79 Å². The van der Waals surface area contributed by atoms with E-state index in [-0.39, 0.29) is 18.4 Å². The van der Waals surface area contributed by atoms with Crippen LogP contribution < -0.4 is 0 Å². The minimum absolute atomic E-state index is 0.0690. The van der Waals surface area contributed by atoms with Crippen molar-refractivity contribution in [2.45, 2.75) is 12.8 Å². The van der Waals surface area contributed by atoms with E-state index in [0.717, 1.165) is 32.5 Å². The molecule has 0 aliphatic carbocycles. The fraction of sp³-hybridized carbons (Fsp3) is 0.545. The molecular formula is C11H13Br2NO2S. The van der Waals surface area contributed by atoms with Gasteiger partial charge in [-0.2, -0.15) is 0 Å². The number of hydrogen-bond donors (Lipinski definition) is 1. The molecule has 0 saturated carbocycles. The highest BCUT2D eigenvalue weighted by Crippen LogP contribution is 2.33. The van der Waals surface area contributed by atoms with Crippen LogP contribution >= 0.6 is 43.2 Å². The molecule has 2 rings (SSSR count). The lowest BCUT2D eigenvalue weighted by Crippen LogP contribution is -2.40. The predicted molar refractivity (Wildman–Crippen MR) is 75.4 cm³/mol. The Labute approximate surface area is 121 Å². The summed E-state index contributed by atoms with van der Waals surface area (Å²) in [5.74, 6) is 0.305. The first-order chi connectivity index (χ1) is 8.11. The highest BCUT2D eigenvalue weighted by atomic mass is 79.9. The van der Waals surface area contributed by atoms with Crippen LogP contribution in [-0.2, 0) is 0 Å². The zero-order valence-corrected chi connectivity index (χ0v) is 13.1. The second kappa shape index (κ2) is 5.82. The first kappa shape index (κ1) is 13.5. The van der Waals surface area contributed by atoms with Gasteiger partial charge in [-0.25, -0.2) is 0 Å². The van der Waals surface area contributed by atoms with Crippen LogP contribution in [0.2, 0.25) is 0 Å². The van der Waals surface area contributed by atoms with Crippen molar-refractivity contribution in [1.29, 1.82) is 0 Å². The standard InChI is InChI=1S/C11H13Br2NO2S/c12-8-4-9(17-10(8)13)11(16)14-3-1-2-7(5-14)6-15/h4,7,15H,1-3,5-6H2. The molecule has 94 valence electrons. The molecule has 0 aromatic carbocycles. The Kier molecular flexibility index (Phi) is 4.63. The van der Waals surface area contributed by atoms with Crippen LogP contribution in [0.5, 0.6) is 0 Å². The Morgan fingerprint density at radius 2 is 2.35 bits per heavy atom. The number of aliphatic hydroxyl groups excluding tert-OH is 1. The fourth-order valence-corrected chi connectivity index (χ4v) is 4.01. The Balaban J connectivity index is 2.09. The molecule has 1 aliphatic rings. The number of carbonyl (C=O) groups excluding carboxylic acids is 1. The Bertz CT molecular complexity index is 402. The fourth-order valence-electron chi connectivity index (χ4n) is 2.01. The lowest BCUT2D eigenvalue weighted by Gasteiger charge is -2.31. The first-order valence-corrected chi connectivity index (χ1v) is 7.87. The zero-order valence-electron chi connectivity index (χ0n) is 9.16. The maximum atomic E-state index is 12.2. The topological polar surface area (TPSA) is 40.5 Å². The molecule has 3 nitrogen and oxygen atoms in total. The first-order valence-electron chi connectivity index (χ1n) is 5.46. The molecule has 2 heterocycles. The summed E-state index contributed by atoms with van der Waals surface area (Å²) in [4.78, 5) is 14.8. The van der Waals surface area contributed by atoms with E-state index in [0.29, 0.717) is 6.54 Å². The molecule has 6 heteroatoms. The van der Waals surface area contributed by atoms with E-state index in [1.807, 2.05) is 11.0 Å². The van der Waals surface area contributed by atoms with Crippen molar-refractivity contribution in [3.05, 3.63) is 19.2 Å². The normalized spacial score (nSPS) is 20.6. The Morgan fingerprint density at radius 1 is 1.59 bits per heavy atom. The van der Waals surface area contributed by atoms with Gasteiger partial charge in [-0.15, -0.1) is 11.3 Å². The van der Waals surface area contributed by atoms with E-state index in [2.05, 4.69) is 31.9 Å². The van der Waals surface area contributed by atoms with Gasteiger partial charge in [-0.1, -0.05) is 0 Å². The van der Waals surface area contributed by atoms with Gasteiger partial charge in [0.2, 0.25) is 0 Å². The molecule has 17 heavy (non-hydrogen) atoms. The van der Waals surface area contributed by atoms with E-state index >= 15 is 0 Å². The third-order valence-corrected chi connectivity index (χ3v) is 6.16. The van der Waals surface area contributed by atoms with E-state index in [4.69, 9.17) is 5.11 Å². The van der Waals surface area contributed by atoms with Crippen LogP contribution in [0, 0.1) is 5.92 Å². The summed E-state index contributed by atoms with van der Waals surface area (Å²) in [6.07, 6.45) is 1.99. The molecule has 1 unspecified atom stereocenters. The summed E-state index contributed by atoms with van der Waals surface area (Å²) in [6.45, 7) is 1.63. The van der Waals surface area contributed by atoms with E-state index < -0.39 is 0 Å². The summed E-state index contributed by atoms with van der Waals surface area (Å²) in [5, 5.41) is 9.16. The molecule has 1 amide bonds. The molecule has 1 aliphatic heterocycles. The Morgan fingerprint density at radius 3 is 2.94 bits per heavy atom. The summed E-state index contributed by atoms with van der Waals surface area (Å²) in [6, 6.07) is 1.85. The maximum Gasteiger partial charge on any atom is 0.264 e. The second-order valence-corrected chi connectivity index (χ2v) is 7.40. The molecule has 1 saturated heterocycles. The van der Waals surface area contributed by atoms with Gasteiger partial charge in [0.1, 0.15) is 0 Å². The average Bonchev–Trinajstić information content (AvgIpc) is 2.69. The van der Waals surface area contributed by atoms with E-state index in [9.17, 15) is 4.79 Å². The molecule has 1 aromatic heterocycles. The molecule has 0 bridgehead atoms. The molecule has 0 spiro atoms. The minimum atomic E-state index is 0.0690. The van der Waals surface area contributed by atoms with Crippen LogP contribution in [0.1, 0.15) is 22.5 Å². The monoisotopic (exact) mass is 381 g/mol. The second-order valence-electron chi connectivity index (χ2n) is 4.17. The van der Waals surface area contributed by atoms with Gasteiger partial charge in [0.05, 0.1) is 8.66 Å². The van der Waals surface area contributed by atoms with Crippen LogP contribution in [0.15, 0.2) is 14.3 Å². The number of carbonyl (C=O) groups is 1. The number of likely N-dealkylation sites (tertiary alicyclic amines) is 1. The molecule has 1 N–H and O–H groups in total. The van der Waals surface area contributed by atoms with Gasteiger partial charge < -0.3 is 10.0 Å². The van der Waals surface area contributed by atoms with Crippen LogP contribution in [0.25, 0.3) is 0 Å². The SMILES string of the molecule is O=C(c1cc(Br)c(Br)s1)N1CCCC(CO)C1. The van der Waals surface area contributed by atoms with Crippen LogP contribution in [-0.4, -0.2) is 35.6 Å². The maximum absolute atomic E-state index is 12.2. The van der Waals surface area contributed by atoms with Crippen molar-refractivity contribution < 1.29 is 9.90 Å². The quantitative estimate of drug-likeness (QED) is 0.853. The van der Waals surface area contributed by atoms with Crippen molar-refractivity contribution in [1.82, 2.24) is 4.90 Å². The number of halogens is 2. The smallest absolute Gasteiger partial charge is 0.264 e. The van der Waals surface area contributed by atoms with Gasteiger partial charge in [0, 0.05) is 24.2 Å². The number of nitrogens with zero attached hydrogens (tertiary/aromatic N) is 1. The number of thiophene rings is 1. The van der Waals surface area contributed by atoms with Crippen molar-refractivity contribution in [2.24, 2.45) is 5.92 Å². The van der Waals surface area contributed by atoms with Crippen molar-refractivity contribution in [3.63, 3.8) is 0 Å². The van der Waals surface area contributed by atoms with Gasteiger partial charge in [-0.05, 0) is 56.7 Å².